The van der Waals surface area contributed by atoms with Gasteiger partial charge in [-0.1, -0.05) is 24.0 Å². The summed E-state index contributed by atoms with van der Waals surface area (Å²) < 4.78 is 12.6. The molecule has 0 bridgehead atoms. The number of hydrogen-bond donors (Lipinski definition) is 0. The van der Waals surface area contributed by atoms with Crippen molar-refractivity contribution in [2.24, 2.45) is 5.92 Å². The number of benzene rings is 1. The van der Waals surface area contributed by atoms with Crippen LogP contribution in [0.5, 0.6) is 11.6 Å². The Balaban J connectivity index is 1.48. The molecule has 29 heavy (non-hydrogen) atoms. The fourth-order valence-corrected chi connectivity index (χ4v) is 2.80. The summed E-state index contributed by atoms with van der Waals surface area (Å²) in [5.74, 6) is 8.41. The average Bonchev–Trinajstić information content (AvgIpc) is 3.58. The Labute approximate surface area is 169 Å². The third-order valence-corrected chi connectivity index (χ3v) is 4.55. The zero-order valence-corrected chi connectivity index (χ0v) is 16.2. The lowest BCUT2D eigenvalue weighted by Gasteiger charge is -2.14. The van der Waals surface area contributed by atoms with Crippen LogP contribution >= 0.6 is 0 Å². The van der Waals surface area contributed by atoms with Gasteiger partial charge in [0.15, 0.2) is 11.7 Å². The lowest BCUT2D eigenvalue weighted by Crippen LogP contribution is -2.21. The summed E-state index contributed by atoms with van der Waals surface area (Å²) in [7, 11) is 1.53. The van der Waals surface area contributed by atoms with Crippen molar-refractivity contribution in [2.45, 2.75) is 26.0 Å². The Morgan fingerprint density at radius 1 is 1.14 bits per heavy atom. The molecule has 4 rings (SSSR count). The molecule has 1 saturated carbocycles. The second kappa shape index (κ2) is 8.61. The Morgan fingerprint density at radius 3 is 2.59 bits per heavy atom. The fourth-order valence-electron chi connectivity index (χ4n) is 2.80. The SMILES string of the molecule is COc1cc(OCc2ncccn2)cc(=O)n1Cc1ccc(C#CC2CC2)cc1. The first-order valence-corrected chi connectivity index (χ1v) is 9.49. The van der Waals surface area contributed by atoms with Crippen LogP contribution in [0.1, 0.15) is 29.8 Å². The molecule has 6 nitrogen and oxygen atoms in total. The van der Waals surface area contributed by atoms with Gasteiger partial charge in [0.2, 0.25) is 0 Å². The van der Waals surface area contributed by atoms with Crippen LogP contribution in [0.3, 0.4) is 0 Å². The van der Waals surface area contributed by atoms with E-state index in [9.17, 15) is 4.79 Å². The number of hydrogen-bond acceptors (Lipinski definition) is 5. The third-order valence-electron chi connectivity index (χ3n) is 4.55. The van der Waals surface area contributed by atoms with E-state index in [0.29, 0.717) is 29.9 Å². The van der Waals surface area contributed by atoms with Crippen LogP contribution in [-0.4, -0.2) is 21.6 Å². The highest BCUT2D eigenvalue weighted by atomic mass is 16.5. The van der Waals surface area contributed by atoms with E-state index in [1.165, 1.54) is 26.0 Å². The van der Waals surface area contributed by atoms with Crippen LogP contribution in [0.15, 0.2) is 59.7 Å². The standard InChI is InChI=1S/C23H21N3O3/c1-28-23-14-20(29-16-21-24-11-2-12-25-21)13-22(27)26(23)15-19-9-7-18(8-10-19)6-5-17-3-4-17/h2,7-14,17H,3-4,15-16H2,1H3. The molecule has 0 amide bonds. The Bertz CT molecular complexity index is 1090. The van der Waals surface area contributed by atoms with Crippen molar-refractivity contribution in [1.29, 1.82) is 0 Å². The zero-order valence-electron chi connectivity index (χ0n) is 16.2. The van der Waals surface area contributed by atoms with Crippen molar-refractivity contribution >= 4 is 0 Å². The van der Waals surface area contributed by atoms with E-state index in [0.717, 1.165) is 11.1 Å². The molecule has 0 N–H and O–H groups in total. The summed E-state index contributed by atoms with van der Waals surface area (Å²) in [4.78, 5) is 20.8. The van der Waals surface area contributed by atoms with Gasteiger partial charge in [0.05, 0.1) is 13.7 Å². The van der Waals surface area contributed by atoms with Gasteiger partial charge >= 0.3 is 0 Å². The fraction of sp³-hybridized carbons (Fsp3) is 0.261. The number of pyridine rings is 1. The van der Waals surface area contributed by atoms with Crippen LogP contribution in [0.2, 0.25) is 0 Å². The van der Waals surface area contributed by atoms with E-state index >= 15 is 0 Å². The molecule has 0 aliphatic heterocycles. The van der Waals surface area contributed by atoms with Crippen LogP contribution < -0.4 is 15.0 Å². The van der Waals surface area contributed by atoms with Gasteiger partial charge in [-0.15, -0.1) is 0 Å². The molecule has 2 heterocycles. The molecule has 1 aliphatic rings. The minimum Gasteiger partial charge on any atom is -0.485 e. The maximum Gasteiger partial charge on any atom is 0.257 e. The second-order valence-corrected chi connectivity index (χ2v) is 6.85. The summed E-state index contributed by atoms with van der Waals surface area (Å²) in [6.45, 7) is 0.581. The van der Waals surface area contributed by atoms with Gasteiger partial charge in [-0.25, -0.2) is 9.97 Å². The molecule has 1 fully saturated rings. The normalized spacial score (nSPS) is 12.7. The molecule has 0 spiro atoms. The van der Waals surface area contributed by atoms with E-state index in [2.05, 4.69) is 21.8 Å². The number of methoxy groups -OCH3 is 1. The van der Waals surface area contributed by atoms with E-state index in [1.54, 1.807) is 29.1 Å². The average molecular weight is 387 g/mol. The van der Waals surface area contributed by atoms with Crippen molar-refractivity contribution in [3.05, 3.63) is 82.2 Å². The van der Waals surface area contributed by atoms with E-state index in [1.807, 2.05) is 24.3 Å². The van der Waals surface area contributed by atoms with Gasteiger partial charge in [-0.3, -0.25) is 9.36 Å². The van der Waals surface area contributed by atoms with Crippen molar-refractivity contribution in [1.82, 2.24) is 14.5 Å². The first kappa shape index (κ1) is 18.8. The van der Waals surface area contributed by atoms with Crippen molar-refractivity contribution in [3.63, 3.8) is 0 Å². The van der Waals surface area contributed by atoms with Crippen LogP contribution in [0.25, 0.3) is 0 Å². The molecule has 0 atom stereocenters. The minimum absolute atomic E-state index is 0.177. The van der Waals surface area contributed by atoms with E-state index in [-0.39, 0.29) is 12.2 Å². The van der Waals surface area contributed by atoms with Gasteiger partial charge in [-0.05, 0) is 36.6 Å². The highest BCUT2D eigenvalue weighted by Crippen LogP contribution is 2.27. The van der Waals surface area contributed by atoms with Crippen molar-refractivity contribution in [2.75, 3.05) is 7.11 Å². The third kappa shape index (κ3) is 5.02. The molecule has 1 aromatic carbocycles. The van der Waals surface area contributed by atoms with Crippen LogP contribution in [0.4, 0.5) is 0 Å². The highest BCUT2D eigenvalue weighted by molar-refractivity contribution is 5.37. The molecule has 3 aromatic rings. The van der Waals surface area contributed by atoms with E-state index in [4.69, 9.17) is 9.47 Å². The molecular formula is C23H21N3O3. The van der Waals surface area contributed by atoms with Crippen molar-refractivity contribution in [3.8, 4) is 23.5 Å². The summed E-state index contributed by atoms with van der Waals surface area (Å²) in [6, 6.07) is 12.8. The highest BCUT2D eigenvalue weighted by Gasteiger charge is 2.17. The predicted molar refractivity (Wildman–Crippen MR) is 109 cm³/mol. The molecule has 0 radical (unpaired) electrons. The molecule has 0 unspecified atom stereocenters. The summed E-state index contributed by atoms with van der Waals surface area (Å²) in [5, 5.41) is 0. The quantitative estimate of drug-likeness (QED) is 0.608. The second-order valence-electron chi connectivity index (χ2n) is 6.85. The lowest BCUT2D eigenvalue weighted by atomic mass is 10.1. The maximum atomic E-state index is 12.6. The Hall–Kier alpha value is -3.59. The molecular weight excluding hydrogens is 366 g/mol. The smallest absolute Gasteiger partial charge is 0.257 e. The first-order valence-electron chi connectivity index (χ1n) is 9.49. The summed E-state index contributed by atoms with van der Waals surface area (Å²) >= 11 is 0. The molecule has 2 aromatic heterocycles. The topological polar surface area (TPSA) is 66.2 Å². The first-order chi connectivity index (χ1) is 14.2. The van der Waals surface area contributed by atoms with Gasteiger partial charge in [0.25, 0.3) is 5.56 Å². The number of aromatic nitrogens is 3. The van der Waals surface area contributed by atoms with E-state index < -0.39 is 0 Å². The van der Waals surface area contributed by atoms with Gasteiger partial charge in [0, 0.05) is 36.0 Å². The predicted octanol–water partition coefficient (Wildman–Crippen LogP) is 3.04. The van der Waals surface area contributed by atoms with Crippen LogP contribution in [-0.2, 0) is 13.2 Å². The van der Waals surface area contributed by atoms with Gasteiger partial charge in [-0.2, -0.15) is 0 Å². The lowest BCUT2D eigenvalue weighted by molar-refractivity contribution is 0.289. The largest absolute Gasteiger partial charge is 0.485 e. The van der Waals surface area contributed by atoms with Gasteiger partial charge < -0.3 is 9.47 Å². The van der Waals surface area contributed by atoms with Crippen molar-refractivity contribution < 1.29 is 9.47 Å². The van der Waals surface area contributed by atoms with Crippen LogP contribution in [0, 0.1) is 17.8 Å². The number of rotatable bonds is 6. The molecule has 6 heteroatoms. The summed E-state index contributed by atoms with van der Waals surface area (Å²) in [5.41, 5.74) is 1.78. The van der Waals surface area contributed by atoms with Gasteiger partial charge in [0.1, 0.15) is 12.4 Å². The number of nitrogens with zero attached hydrogens (tertiary/aromatic N) is 3. The summed E-state index contributed by atoms with van der Waals surface area (Å²) in [6.07, 6.45) is 5.72. The molecule has 0 saturated heterocycles. The monoisotopic (exact) mass is 387 g/mol. The zero-order chi connectivity index (χ0) is 20.1. The number of ether oxygens (including phenoxy) is 2. The maximum absolute atomic E-state index is 12.6. The minimum atomic E-state index is -0.203. The Kier molecular flexibility index (Phi) is 5.57. The molecule has 146 valence electrons. The Morgan fingerprint density at radius 2 is 1.90 bits per heavy atom. The molecule has 1 aliphatic carbocycles.